The molecule has 1 aromatic heterocycles. The maximum absolute atomic E-state index is 15.5. The highest BCUT2D eigenvalue weighted by molar-refractivity contribution is 6.40. The number of carboxylic acids is 1. The lowest BCUT2D eigenvalue weighted by atomic mass is 10.0. The molecule has 2 unspecified atom stereocenters. The first-order chi connectivity index (χ1) is 18.3. The molecule has 0 radical (unpaired) electrons. The van der Waals surface area contributed by atoms with E-state index in [0.717, 1.165) is 15.8 Å². The van der Waals surface area contributed by atoms with Crippen LogP contribution in [-0.2, 0) is 6.18 Å². The summed E-state index contributed by atoms with van der Waals surface area (Å²) in [4.78, 5) is 36.9. The fourth-order valence-electron chi connectivity index (χ4n) is 6.37. The van der Waals surface area contributed by atoms with Gasteiger partial charge in [0.1, 0.15) is 11.6 Å². The Hall–Kier alpha value is -2.66. The lowest BCUT2D eigenvalue weighted by molar-refractivity contribution is -0.145. The Kier molecular flexibility index (Phi) is 7.20. The Balaban J connectivity index is 1.46. The molecule has 1 aromatic carbocycles. The lowest BCUT2D eigenvalue weighted by Gasteiger charge is -2.30. The number of carboxylic acid groups (broad SMARTS) is 1. The molecule has 3 saturated carbocycles. The van der Waals surface area contributed by atoms with Gasteiger partial charge in [0, 0.05) is 0 Å². The molecule has 5 rings (SSSR count). The molecular formula is C26H26Cl2F4N3O4+. The zero-order valence-electron chi connectivity index (χ0n) is 20.6. The molecule has 0 spiro atoms. The van der Waals surface area contributed by atoms with Crippen LogP contribution in [0.25, 0.3) is 0 Å². The predicted octanol–water partition coefficient (Wildman–Crippen LogP) is 6.07. The summed E-state index contributed by atoms with van der Waals surface area (Å²) in [6.07, 6.45) is -2.35. The average molecular weight is 591 g/mol. The molecule has 4 atom stereocenters. The number of carbonyl (C=O) groups is 2. The standard InChI is InChI=1S/C26H25Cl2F4N3O4/c27-17-4-3-5-18(28)21(17)19(36)11-34(12-25(29)6-1-2-7-25)23(37)16-10-33-35(22(16)26(30,31)32)13-8-14-15(9-13)20(14)24(38)39/h3-5,10,13-15,20H,1-2,6-9,11-12H2,(H,38,39)/p+1/t13?,14-,15+,20?. The molecule has 7 nitrogen and oxygen atoms in total. The number of hydrogen-bond donors (Lipinski definition) is 1. The van der Waals surface area contributed by atoms with Gasteiger partial charge in [0.25, 0.3) is 5.91 Å². The van der Waals surface area contributed by atoms with E-state index in [0.29, 0.717) is 12.8 Å². The van der Waals surface area contributed by atoms with Crippen molar-refractivity contribution < 1.29 is 37.1 Å². The highest BCUT2D eigenvalue weighted by Gasteiger charge is 2.64. The molecule has 210 valence electrons. The number of Topliss-reactive ketones (excluding diaryl/α,β-unsaturated/α-hetero) is 1. The van der Waals surface area contributed by atoms with Crippen LogP contribution in [0.5, 0.6) is 0 Å². The number of amides is 1. The third-order valence-corrected chi connectivity index (χ3v) is 8.83. The number of aliphatic carboxylic acids is 1. The van der Waals surface area contributed by atoms with Gasteiger partial charge < -0.3 is 14.8 Å². The Morgan fingerprint density at radius 1 is 1.15 bits per heavy atom. The van der Waals surface area contributed by atoms with Crippen molar-refractivity contribution in [2.24, 2.45) is 17.8 Å². The fourth-order valence-corrected chi connectivity index (χ4v) is 6.98. The highest BCUT2D eigenvalue weighted by atomic mass is 35.5. The number of rotatable bonds is 8. The van der Waals surface area contributed by atoms with Crippen molar-refractivity contribution in [1.29, 1.82) is 0 Å². The van der Waals surface area contributed by atoms with Crippen LogP contribution in [0, 0.1) is 17.8 Å². The predicted molar refractivity (Wildman–Crippen MR) is 135 cm³/mol. The normalized spacial score (nSPS) is 25.4. The maximum Gasteiger partial charge on any atom is 0.484 e. The zero-order valence-corrected chi connectivity index (χ0v) is 22.1. The van der Waals surface area contributed by atoms with Crippen LogP contribution in [0.2, 0.25) is 10.0 Å². The zero-order chi connectivity index (χ0) is 28.3. The number of carbonyl (C=O) groups excluding carboxylic acids is 2. The quantitative estimate of drug-likeness (QED) is 0.229. The topological polar surface area (TPSA) is 96.8 Å². The summed E-state index contributed by atoms with van der Waals surface area (Å²) in [5.41, 5.74) is -4.01. The molecule has 1 amide bonds. The van der Waals surface area contributed by atoms with Gasteiger partial charge in [-0.3, -0.25) is 14.3 Å². The van der Waals surface area contributed by atoms with E-state index in [2.05, 4.69) is 5.10 Å². The first-order valence-corrected chi connectivity index (χ1v) is 13.4. The second kappa shape index (κ2) is 10.1. The van der Waals surface area contributed by atoms with Gasteiger partial charge in [-0.15, -0.1) is 0 Å². The number of benzene rings is 1. The van der Waals surface area contributed by atoms with Crippen LogP contribution in [0.1, 0.15) is 71.0 Å². The highest BCUT2D eigenvalue weighted by Crippen LogP contribution is 2.61. The average Bonchev–Trinajstić information content (AvgIpc) is 3.26. The van der Waals surface area contributed by atoms with Crippen LogP contribution in [0.15, 0.2) is 24.4 Å². The molecule has 13 heteroatoms. The van der Waals surface area contributed by atoms with E-state index < -0.39 is 65.8 Å². The Morgan fingerprint density at radius 3 is 2.28 bits per heavy atom. The summed E-state index contributed by atoms with van der Waals surface area (Å²) in [5, 5.41) is 13.3. The first-order valence-electron chi connectivity index (χ1n) is 12.7. The number of aromatic nitrogens is 2. The van der Waals surface area contributed by atoms with Gasteiger partial charge in [0.15, 0.2) is 11.5 Å². The molecule has 3 fully saturated rings. The lowest BCUT2D eigenvalue weighted by Crippen LogP contribution is -2.45. The number of alkyl halides is 4. The van der Waals surface area contributed by atoms with Crippen molar-refractivity contribution in [3.8, 4) is 0 Å². The summed E-state index contributed by atoms with van der Waals surface area (Å²) in [5.74, 6) is -3.43. The van der Waals surface area contributed by atoms with Crippen LogP contribution < -0.4 is 0 Å². The van der Waals surface area contributed by atoms with Gasteiger partial charge in [-0.1, -0.05) is 42.1 Å². The van der Waals surface area contributed by atoms with Crippen molar-refractivity contribution in [2.45, 2.75) is 56.4 Å². The first kappa shape index (κ1) is 27.9. The van der Waals surface area contributed by atoms with Crippen molar-refractivity contribution in [3.05, 3.63) is 51.3 Å². The number of ketones is 1. The van der Waals surface area contributed by atoms with Gasteiger partial charge in [-0.2, -0.15) is 18.3 Å². The third kappa shape index (κ3) is 5.27. The molecule has 0 saturated heterocycles. The van der Waals surface area contributed by atoms with E-state index in [1.807, 2.05) is 0 Å². The number of hydrogen-bond acceptors (Lipinski definition) is 3. The van der Waals surface area contributed by atoms with Crippen molar-refractivity contribution >= 4 is 40.9 Å². The van der Waals surface area contributed by atoms with Crippen LogP contribution in [0.3, 0.4) is 0 Å². The fraction of sp³-hybridized carbons (Fsp3) is 0.538. The molecular weight excluding hydrogens is 565 g/mol. The van der Waals surface area contributed by atoms with Crippen LogP contribution >= 0.6 is 23.2 Å². The van der Waals surface area contributed by atoms with E-state index >= 15 is 4.39 Å². The maximum atomic E-state index is 15.5. The van der Waals surface area contributed by atoms with Crippen molar-refractivity contribution in [3.63, 3.8) is 0 Å². The molecule has 2 aromatic rings. The van der Waals surface area contributed by atoms with E-state index in [4.69, 9.17) is 23.2 Å². The molecule has 3 aliphatic carbocycles. The van der Waals surface area contributed by atoms with E-state index in [-0.39, 0.29) is 53.1 Å². The van der Waals surface area contributed by atoms with Gasteiger partial charge in [0.05, 0.1) is 46.5 Å². The monoisotopic (exact) mass is 590 g/mol. The minimum atomic E-state index is -4.97. The second-order valence-corrected chi connectivity index (χ2v) is 11.5. The number of halogens is 6. The van der Waals surface area contributed by atoms with Crippen molar-refractivity contribution in [2.75, 3.05) is 13.1 Å². The van der Waals surface area contributed by atoms with E-state index in [9.17, 15) is 32.7 Å². The van der Waals surface area contributed by atoms with Gasteiger partial charge in [-0.05, 0) is 49.7 Å². The second-order valence-electron chi connectivity index (χ2n) is 10.7. The smallest absolute Gasteiger partial charge is 0.339 e. The van der Waals surface area contributed by atoms with Gasteiger partial charge in [0.2, 0.25) is 0 Å². The van der Waals surface area contributed by atoms with Gasteiger partial charge in [-0.25, -0.2) is 4.39 Å². The van der Waals surface area contributed by atoms with E-state index in [1.165, 1.54) is 18.2 Å². The number of nitrogens with zero attached hydrogens (tertiary/aromatic N) is 3. The minimum Gasteiger partial charge on any atom is -0.339 e. The van der Waals surface area contributed by atoms with Crippen LogP contribution in [-0.4, -0.2) is 61.0 Å². The summed E-state index contributed by atoms with van der Waals surface area (Å²) in [6, 6.07) is 3.64. The SMILES string of the molecule is O=C(CN(CC1(F)CCCC1)C(=O)c1cnn(C2C[C@@H]3C(C(O)=[OH+])[C@@H]3C2)c1C(F)(F)F)c1c(Cl)cccc1Cl. The molecule has 3 aliphatic rings. The molecule has 0 bridgehead atoms. The summed E-state index contributed by atoms with van der Waals surface area (Å²) >= 11 is 12.3. The van der Waals surface area contributed by atoms with Crippen molar-refractivity contribution in [1.82, 2.24) is 14.7 Å². The Morgan fingerprint density at radius 2 is 1.74 bits per heavy atom. The Bertz CT molecular complexity index is 1290. The Labute approximate surface area is 231 Å². The molecule has 39 heavy (non-hydrogen) atoms. The molecule has 2 N–H and O–H groups in total. The van der Waals surface area contributed by atoms with E-state index in [1.54, 1.807) is 0 Å². The largest absolute Gasteiger partial charge is 0.484 e. The molecule has 1 heterocycles. The number of fused-ring (bicyclic) bond motifs is 1. The van der Waals surface area contributed by atoms with Crippen LogP contribution in [0.4, 0.5) is 17.6 Å². The third-order valence-electron chi connectivity index (χ3n) is 8.20. The minimum absolute atomic E-state index is 0.00351. The summed E-state index contributed by atoms with van der Waals surface area (Å²) < 4.78 is 59.4. The summed E-state index contributed by atoms with van der Waals surface area (Å²) in [6.45, 7) is -1.29. The number of aliphatic hydroxyl groups excluding tert-OH is 1. The molecule has 0 aliphatic heterocycles. The summed E-state index contributed by atoms with van der Waals surface area (Å²) in [7, 11) is 0. The van der Waals surface area contributed by atoms with Gasteiger partial charge >= 0.3 is 12.1 Å².